The highest BCUT2D eigenvalue weighted by atomic mass is 14.8. The van der Waals surface area contributed by atoms with Crippen LogP contribution >= 0.6 is 0 Å². The van der Waals surface area contributed by atoms with Gasteiger partial charge in [0, 0.05) is 0 Å². The normalized spacial score (nSPS) is 8.40. The van der Waals surface area contributed by atoms with Gasteiger partial charge in [-0.3, -0.25) is 0 Å². The van der Waals surface area contributed by atoms with Gasteiger partial charge in [0.2, 0.25) is 0 Å². The van der Waals surface area contributed by atoms with Gasteiger partial charge in [-0.05, 0) is 6.07 Å². The number of nitrogens with zero attached hydrogens (tertiary/aromatic N) is 2. The van der Waals surface area contributed by atoms with Crippen molar-refractivity contribution in [2.45, 2.75) is 0 Å². The zero-order valence-corrected chi connectivity index (χ0v) is 5.70. The molecule has 0 aromatic heterocycles. The van der Waals surface area contributed by atoms with Crippen molar-refractivity contribution < 1.29 is 0 Å². The maximum Gasteiger partial charge on any atom is 0.0991 e. The molecule has 0 aliphatic rings. The molecular formula is C8H7N2-. The van der Waals surface area contributed by atoms with E-state index in [9.17, 15) is 0 Å². The Morgan fingerprint density at radius 1 is 1.50 bits per heavy atom. The number of nitriles is 1. The van der Waals surface area contributed by atoms with Gasteiger partial charge in [-0.1, -0.05) is 18.2 Å². The van der Waals surface area contributed by atoms with E-state index in [1.54, 1.807) is 19.2 Å². The summed E-state index contributed by atoms with van der Waals surface area (Å²) in [5, 5.41) is 12.4. The number of benzene rings is 1. The lowest BCUT2D eigenvalue weighted by Crippen LogP contribution is -1.71. The SMILES string of the molecule is C[N-]c1cccc(C#N)c1. The van der Waals surface area contributed by atoms with E-state index >= 15 is 0 Å². The standard InChI is InChI=1S/C8H7N2/c1-10-8-4-2-3-7(5-8)6-9/h2-5H,1H3/q-1. The molecule has 10 heavy (non-hydrogen) atoms. The van der Waals surface area contributed by atoms with Gasteiger partial charge in [0.1, 0.15) is 0 Å². The van der Waals surface area contributed by atoms with Crippen molar-refractivity contribution in [3.8, 4) is 6.07 Å². The minimum Gasteiger partial charge on any atom is -0.687 e. The van der Waals surface area contributed by atoms with Crippen molar-refractivity contribution in [1.29, 1.82) is 5.26 Å². The van der Waals surface area contributed by atoms with Crippen LogP contribution in [-0.2, 0) is 0 Å². The number of rotatable bonds is 1. The van der Waals surface area contributed by atoms with Crippen LogP contribution in [0.15, 0.2) is 24.3 Å². The van der Waals surface area contributed by atoms with Gasteiger partial charge in [0.15, 0.2) is 0 Å². The summed E-state index contributed by atoms with van der Waals surface area (Å²) in [6.45, 7) is 0. The lowest BCUT2D eigenvalue weighted by Gasteiger charge is -2.12. The molecule has 1 rings (SSSR count). The van der Waals surface area contributed by atoms with Crippen molar-refractivity contribution in [1.82, 2.24) is 0 Å². The van der Waals surface area contributed by atoms with Gasteiger partial charge in [0.25, 0.3) is 0 Å². The van der Waals surface area contributed by atoms with Crippen LogP contribution in [-0.4, -0.2) is 7.05 Å². The Kier molecular flexibility index (Phi) is 1.91. The quantitative estimate of drug-likeness (QED) is 0.575. The van der Waals surface area contributed by atoms with Gasteiger partial charge in [-0.2, -0.15) is 5.26 Å². The molecule has 0 aliphatic carbocycles. The summed E-state index contributed by atoms with van der Waals surface area (Å²) in [6.07, 6.45) is 0. The fourth-order valence-corrected chi connectivity index (χ4v) is 0.715. The summed E-state index contributed by atoms with van der Waals surface area (Å²) >= 11 is 0. The van der Waals surface area contributed by atoms with Gasteiger partial charge in [0.05, 0.1) is 11.6 Å². The summed E-state index contributed by atoms with van der Waals surface area (Å²) in [5.74, 6) is 0. The van der Waals surface area contributed by atoms with Crippen molar-refractivity contribution in [3.05, 3.63) is 35.1 Å². The maximum absolute atomic E-state index is 8.47. The molecule has 0 spiro atoms. The van der Waals surface area contributed by atoms with Gasteiger partial charge >= 0.3 is 0 Å². The third kappa shape index (κ3) is 1.26. The first kappa shape index (κ1) is 6.63. The topological polar surface area (TPSA) is 37.9 Å². The van der Waals surface area contributed by atoms with E-state index < -0.39 is 0 Å². The molecule has 1 aromatic carbocycles. The first-order valence-corrected chi connectivity index (χ1v) is 2.97. The Bertz CT molecular complexity index is 260. The fourth-order valence-electron chi connectivity index (χ4n) is 0.715. The summed E-state index contributed by atoms with van der Waals surface area (Å²) in [6, 6.07) is 9.23. The molecule has 0 saturated heterocycles. The summed E-state index contributed by atoms with van der Waals surface area (Å²) in [5.41, 5.74) is 1.50. The highest BCUT2D eigenvalue weighted by molar-refractivity contribution is 5.51. The van der Waals surface area contributed by atoms with Gasteiger partial charge < -0.3 is 5.32 Å². The van der Waals surface area contributed by atoms with E-state index in [0.717, 1.165) is 5.69 Å². The Labute approximate surface area is 60.1 Å². The van der Waals surface area contributed by atoms with Crippen molar-refractivity contribution in [2.24, 2.45) is 0 Å². The Morgan fingerprint density at radius 3 is 2.90 bits per heavy atom. The van der Waals surface area contributed by atoms with Crippen LogP contribution in [0, 0.1) is 11.3 Å². The third-order valence-electron chi connectivity index (χ3n) is 1.23. The second-order valence-electron chi connectivity index (χ2n) is 1.89. The molecule has 2 nitrogen and oxygen atoms in total. The Hall–Kier alpha value is -1.49. The van der Waals surface area contributed by atoms with Crippen LogP contribution in [0.1, 0.15) is 5.56 Å². The first-order valence-electron chi connectivity index (χ1n) is 2.97. The van der Waals surface area contributed by atoms with Gasteiger partial charge in [-0.25, -0.2) is 0 Å². The Balaban J connectivity index is 3.01. The van der Waals surface area contributed by atoms with Crippen LogP contribution in [0.3, 0.4) is 0 Å². The van der Waals surface area contributed by atoms with Crippen molar-refractivity contribution in [3.63, 3.8) is 0 Å². The van der Waals surface area contributed by atoms with E-state index in [-0.39, 0.29) is 0 Å². The average Bonchev–Trinajstić information content (AvgIpc) is 2.05. The molecule has 0 atom stereocenters. The molecule has 1 aromatic rings. The Morgan fingerprint density at radius 2 is 2.30 bits per heavy atom. The lowest BCUT2D eigenvalue weighted by molar-refractivity contribution is 1.48. The highest BCUT2D eigenvalue weighted by Gasteiger charge is 1.83. The summed E-state index contributed by atoms with van der Waals surface area (Å²) in [7, 11) is 1.70. The lowest BCUT2D eigenvalue weighted by atomic mass is 10.2. The largest absolute Gasteiger partial charge is 0.687 e. The van der Waals surface area contributed by atoms with Crippen LogP contribution in [0.4, 0.5) is 5.69 Å². The van der Waals surface area contributed by atoms with E-state index in [2.05, 4.69) is 5.32 Å². The van der Waals surface area contributed by atoms with E-state index in [4.69, 9.17) is 5.26 Å². The molecule has 0 radical (unpaired) electrons. The van der Waals surface area contributed by atoms with E-state index in [1.165, 1.54) is 0 Å². The molecule has 0 heterocycles. The highest BCUT2D eigenvalue weighted by Crippen LogP contribution is 2.15. The molecule has 0 unspecified atom stereocenters. The fraction of sp³-hybridized carbons (Fsp3) is 0.125. The third-order valence-corrected chi connectivity index (χ3v) is 1.23. The molecule has 0 amide bonds. The molecule has 0 saturated carbocycles. The molecule has 2 heteroatoms. The van der Waals surface area contributed by atoms with Crippen molar-refractivity contribution >= 4 is 5.69 Å². The van der Waals surface area contributed by atoms with Crippen LogP contribution < -0.4 is 0 Å². The molecular weight excluding hydrogens is 124 g/mol. The van der Waals surface area contributed by atoms with Crippen LogP contribution in [0.5, 0.6) is 0 Å². The zero-order chi connectivity index (χ0) is 7.40. The number of hydrogen-bond acceptors (Lipinski definition) is 1. The minimum absolute atomic E-state index is 0.656. The second kappa shape index (κ2) is 2.88. The summed E-state index contributed by atoms with van der Waals surface area (Å²) in [4.78, 5) is 0. The van der Waals surface area contributed by atoms with Crippen LogP contribution in [0.25, 0.3) is 5.32 Å². The smallest absolute Gasteiger partial charge is 0.0991 e. The molecule has 0 N–H and O–H groups in total. The predicted octanol–water partition coefficient (Wildman–Crippen LogP) is 2.19. The molecule has 0 aliphatic heterocycles. The van der Waals surface area contributed by atoms with E-state index in [0.29, 0.717) is 5.56 Å². The second-order valence-corrected chi connectivity index (χ2v) is 1.89. The van der Waals surface area contributed by atoms with Crippen molar-refractivity contribution in [2.75, 3.05) is 7.05 Å². The maximum atomic E-state index is 8.47. The van der Waals surface area contributed by atoms with Gasteiger partial charge in [-0.15, -0.1) is 12.7 Å². The molecule has 50 valence electrons. The van der Waals surface area contributed by atoms with E-state index in [1.807, 2.05) is 18.2 Å². The molecule has 0 bridgehead atoms. The summed E-state index contributed by atoms with van der Waals surface area (Å²) < 4.78 is 0. The monoisotopic (exact) mass is 131 g/mol. The zero-order valence-electron chi connectivity index (χ0n) is 5.70. The number of hydrogen-bond donors (Lipinski definition) is 0. The first-order chi connectivity index (χ1) is 4.86. The van der Waals surface area contributed by atoms with Crippen LogP contribution in [0.2, 0.25) is 0 Å². The predicted molar refractivity (Wildman–Crippen MR) is 40.1 cm³/mol. The minimum atomic E-state index is 0.656. The molecule has 0 fully saturated rings. The average molecular weight is 131 g/mol.